The second kappa shape index (κ2) is 6.19. The van der Waals surface area contributed by atoms with E-state index in [2.05, 4.69) is 53.4 Å². The summed E-state index contributed by atoms with van der Waals surface area (Å²) < 4.78 is 0. The molecule has 0 aromatic heterocycles. The molecule has 1 heteroatoms. The SMILES string of the molecule is CCCC(P)C(CC)c1ccccc1. The first-order valence-electron chi connectivity index (χ1n) is 5.60. The van der Waals surface area contributed by atoms with Crippen molar-refractivity contribution in [2.45, 2.75) is 44.7 Å². The topological polar surface area (TPSA) is 0 Å². The molecule has 1 aromatic rings. The van der Waals surface area contributed by atoms with E-state index in [4.69, 9.17) is 0 Å². The Kier molecular flexibility index (Phi) is 5.19. The van der Waals surface area contributed by atoms with Crippen molar-refractivity contribution in [2.24, 2.45) is 0 Å². The number of benzene rings is 1. The van der Waals surface area contributed by atoms with Gasteiger partial charge in [0.1, 0.15) is 0 Å². The van der Waals surface area contributed by atoms with Gasteiger partial charge in [-0.15, -0.1) is 9.24 Å². The maximum absolute atomic E-state index is 3.01. The van der Waals surface area contributed by atoms with Gasteiger partial charge in [0, 0.05) is 0 Å². The quantitative estimate of drug-likeness (QED) is 0.635. The molecular weight excluding hydrogens is 187 g/mol. The van der Waals surface area contributed by atoms with E-state index in [1.807, 2.05) is 0 Å². The fourth-order valence-electron chi connectivity index (χ4n) is 2.02. The number of hydrogen-bond donors (Lipinski definition) is 0. The molecule has 3 atom stereocenters. The van der Waals surface area contributed by atoms with E-state index in [0.29, 0.717) is 5.92 Å². The molecule has 0 saturated carbocycles. The molecule has 0 saturated heterocycles. The Morgan fingerprint density at radius 1 is 1.14 bits per heavy atom. The van der Waals surface area contributed by atoms with Crippen molar-refractivity contribution in [3.05, 3.63) is 35.9 Å². The monoisotopic (exact) mass is 208 g/mol. The van der Waals surface area contributed by atoms with Gasteiger partial charge in [0.15, 0.2) is 0 Å². The molecule has 0 N–H and O–H groups in total. The Hall–Kier alpha value is -0.350. The zero-order valence-electron chi connectivity index (χ0n) is 9.24. The third kappa shape index (κ3) is 3.10. The van der Waals surface area contributed by atoms with Gasteiger partial charge in [-0.3, -0.25) is 0 Å². The lowest BCUT2D eigenvalue weighted by Crippen LogP contribution is -2.11. The van der Waals surface area contributed by atoms with Crippen molar-refractivity contribution in [2.75, 3.05) is 0 Å². The Morgan fingerprint density at radius 3 is 2.29 bits per heavy atom. The molecule has 0 radical (unpaired) electrons. The standard InChI is InChI=1S/C13H21P/c1-3-8-13(14)12(4-2)11-9-6-5-7-10-11/h5-7,9-10,12-13H,3-4,8,14H2,1-2H3. The fourth-order valence-corrected chi connectivity index (χ4v) is 2.85. The lowest BCUT2D eigenvalue weighted by Gasteiger charge is -2.22. The summed E-state index contributed by atoms with van der Waals surface area (Å²) in [5.74, 6) is 0.709. The van der Waals surface area contributed by atoms with Crippen molar-refractivity contribution < 1.29 is 0 Å². The Labute approximate surface area is 90.3 Å². The summed E-state index contributed by atoms with van der Waals surface area (Å²) >= 11 is 0. The Bertz CT molecular complexity index is 243. The summed E-state index contributed by atoms with van der Waals surface area (Å²) in [6, 6.07) is 10.9. The first-order chi connectivity index (χ1) is 6.79. The van der Waals surface area contributed by atoms with E-state index in [9.17, 15) is 0 Å². The van der Waals surface area contributed by atoms with Crippen LogP contribution in [0.3, 0.4) is 0 Å². The zero-order valence-corrected chi connectivity index (χ0v) is 10.4. The van der Waals surface area contributed by atoms with E-state index < -0.39 is 0 Å². The summed E-state index contributed by atoms with van der Waals surface area (Å²) in [5.41, 5.74) is 2.22. The minimum atomic E-state index is 0.709. The number of rotatable bonds is 5. The van der Waals surface area contributed by atoms with Gasteiger partial charge in [-0.1, -0.05) is 50.6 Å². The smallest absolute Gasteiger partial charge is 0.0102 e. The third-order valence-electron chi connectivity index (χ3n) is 2.81. The summed E-state index contributed by atoms with van der Waals surface area (Å²) in [6.07, 6.45) is 3.81. The van der Waals surface area contributed by atoms with Gasteiger partial charge in [0.05, 0.1) is 0 Å². The summed E-state index contributed by atoms with van der Waals surface area (Å²) in [7, 11) is 3.01. The molecule has 1 rings (SSSR count). The van der Waals surface area contributed by atoms with Gasteiger partial charge in [0.25, 0.3) is 0 Å². The highest BCUT2D eigenvalue weighted by molar-refractivity contribution is 7.17. The molecule has 0 amide bonds. The highest BCUT2D eigenvalue weighted by Crippen LogP contribution is 2.30. The molecule has 78 valence electrons. The van der Waals surface area contributed by atoms with Gasteiger partial charge < -0.3 is 0 Å². The molecule has 0 bridgehead atoms. The highest BCUT2D eigenvalue weighted by atomic mass is 31.0. The van der Waals surface area contributed by atoms with Crippen LogP contribution in [0.4, 0.5) is 0 Å². The summed E-state index contributed by atoms with van der Waals surface area (Å²) in [5, 5.41) is 0. The average Bonchev–Trinajstić information content (AvgIpc) is 2.21. The lowest BCUT2D eigenvalue weighted by atomic mass is 9.91. The number of hydrogen-bond acceptors (Lipinski definition) is 0. The highest BCUT2D eigenvalue weighted by Gasteiger charge is 2.16. The van der Waals surface area contributed by atoms with Gasteiger partial charge >= 0.3 is 0 Å². The molecule has 0 aliphatic heterocycles. The van der Waals surface area contributed by atoms with E-state index >= 15 is 0 Å². The van der Waals surface area contributed by atoms with Crippen LogP contribution in [0.15, 0.2) is 30.3 Å². The molecule has 0 nitrogen and oxygen atoms in total. The van der Waals surface area contributed by atoms with Crippen LogP contribution in [0.2, 0.25) is 0 Å². The molecule has 0 spiro atoms. The van der Waals surface area contributed by atoms with Crippen LogP contribution in [0, 0.1) is 0 Å². The van der Waals surface area contributed by atoms with Gasteiger partial charge in [-0.25, -0.2) is 0 Å². The minimum Gasteiger partial charge on any atom is -0.134 e. The Balaban J connectivity index is 2.71. The van der Waals surface area contributed by atoms with E-state index in [0.717, 1.165) is 5.66 Å². The first kappa shape index (κ1) is 11.7. The van der Waals surface area contributed by atoms with Crippen molar-refractivity contribution in [3.63, 3.8) is 0 Å². The van der Waals surface area contributed by atoms with Crippen LogP contribution in [0.5, 0.6) is 0 Å². The second-order valence-corrected chi connectivity index (χ2v) is 4.73. The van der Waals surface area contributed by atoms with E-state index in [-0.39, 0.29) is 0 Å². The molecule has 3 unspecified atom stereocenters. The molecule has 14 heavy (non-hydrogen) atoms. The van der Waals surface area contributed by atoms with Crippen LogP contribution in [-0.4, -0.2) is 5.66 Å². The molecule has 1 aromatic carbocycles. The van der Waals surface area contributed by atoms with Crippen LogP contribution in [0.1, 0.15) is 44.6 Å². The average molecular weight is 208 g/mol. The minimum absolute atomic E-state index is 0.709. The van der Waals surface area contributed by atoms with Crippen molar-refractivity contribution >= 4 is 9.24 Å². The van der Waals surface area contributed by atoms with Gasteiger partial charge in [0.2, 0.25) is 0 Å². The predicted molar refractivity (Wildman–Crippen MR) is 67.9 cm³/mol. The van der Waals surface area contributed by atoms with Gasteiger partial charge in [-0.2, -0.15) is 0 Å². The molecule has 0 aliphatic carbocycles. The normalized spacial score (nSPS) is 15.1. The maximum atomic E-state index is 3.01. The van der Waals surface area contributed by atoms with Crippen LogP contribution in [-0.2, 0) is 0 Å². The van der Waals surface area contributed by atoms with Crippen LogP contribution in [0.25, 0.3) is 0 Å². The van der Waals surface area contributed by atoms with Crippen molar-refractivity contribution in [3.8, 4) is 0 Å². The summed E-state index contributed by atoms with van der Waals surface area (Å²) in [6.45, 7) is 4.54. The molecule has 0 fully saturated rings. The van der Waals surface area contributed by atoms with Crippen molar-refractivity contribution in [1.29, 1.82) is 0 Å². The lowest BCUT2D eigenvalue weighted by molar-refractivity contribution is 0.585. The molecule has 0 aliphatic rings. The van der Waals surface area contributed by atoms with Crippen molar-refractivity contribution in [1.82, 2.24) is 0 Å². The zero-order chi connectivity index (χ0) is 10.4. The Morgan fingerprint density at radius 2 is 1.79 bits per heavy atom. The van der Waals surface area contributed by atoms with Crippen LogP contribution >= 0.6 is 9.24 Å². The maximum Gasteiger partial charge on any atom is -0.0102 e. The first-order valence-corrected chi connectivity index (χ1v) is 6.26. The van der Waals surface area contributed by atoms with Crippen LogP contribution < -0.4 is 0 Å². The third-order valence-corrected chi connectivity index (χ3v) is 3.60. The molecule has 0 heterocycles. The largest absolute Gasteiger partial charge is 0.134 e. The van der Waals surface area contributed by atoms with E-state index in [1.165, 1.54) is 24.8 Å². The van der Waals surface area contributed by atoms with Gasteiger partial charge in [-0.05, 0) is 30.0 Å². The molecular formula is C13H21P. The predicted octanol–water partition coefficient (Wildman–Crippen LogP) is 4.22. The summed E-state index contributed by atoms with van der Waals surface area (Å²) in [4.78, 5) is 0. The van der Waals surface area contributed by atoms with E-state index in [1.54, 1.807) is 0 Å². The fraction of sp³-hybridized carbons (Fsp3) is 0.538. The second-order valence-electron chi connectivity index (χ2n) is 3.88.